The molecule has 138 valence electrons. The molecule has 4 rings (SSSR count). The maximum Gasteiger partial charge on any atom is 0.317 e. The van der Waals surface area contributed by atoms with E-state index in [9.17, 15) is 14.4 Å². The molecule has 8 nitrogen and oxygen atoms in total. The Morgan fingerprint density at radius 3 is 2.04 bits per heavy atom. The van der Waals surface area contributed by atoms with E-state index < -0.39 is 0 Å². The van der Waals surface area contributed by atoms with Crippen molar-refractivity contribution in [2.24, 2.45) is 0 Å². The van der Waals surface area contributed by atoms with Gasteiger partial charge in [-0.1, -0.05) is 0 Å². The minimum Gasteiger partial charge on any atom is -0.378 e. The van der Waals surface area contributed by atoms with Crippen LogP contribution in [0.25, 0.3) is 0 Å². The molecule has 1 aromatic carbocycles. The van der Waals surface area contributed by atoms with E-state index >= 15 is 0 Å². The molecule has 0 unspecified atom stereocenters. The summed E-state index contributed by atoms with van der Waals surface area (Å²) in [6.45, 7) is 3.92. The second-order valence-corrected chi connectivity index (χ2v) is 7.09. The number of nitrogens with one attached hydrogen (secondary N) is 1. The summed E-state index contributed by atoms with van der Waals surface area (Å²) in [5, 5.41) is 2.81. The molecule has 1 aromatic rings. The van der Waals surface area contributed by atoms with Crippen LogP contribution in [-0.2, 0) is 4.74 Å². The summed E-state index contributed by atoms with van der Waals surface area (Å²) in [7, 11) is 1.76. The van der Waals surface area contributed by atoms with Gasteiger partial charge < -0.3 is 24.8 Å². The van der Waals surface area contributed by atoms with Crippen molar-refractivity contribution >= 4 is 17.8 Å². The lowest BCUT2D eigenvalue weighted by atomic mass is 9.89. The molecular weight excluding hydrogens is 336 g/mol. The minimum absolute atomic E-state index is 0.0348. The fraction of sp³-hybridized carbons (Fsp3) is 0.500. The Balaban J connectivity index is 1.39. The number of amides is 4. The van der Waals surface area contributed by atoms with Crippen LogP contribution in [0.4, 0.5) is 4.79 Å². The summed E-state index contributed by atoms with van der Waals surface area (Å²) < 4.78 is 5.26. The second-order valence-electron chi connectivity index (χ2n) is 7.09. The van der Waals surface area contributed by atoms with Crippen molar-refractivity contribution in [3.8, 4) is 0 Å². The topological polar surface area (TPSA) is 82.2 Å². The monoisotopic (exact) mass is 358 g/mol. The fourth-order valence-electron chi connectivity index (χ4n) is 3.71. The maximum absolute atomic E-state index is 12.6. The first-order valence-corrected chi connectivity index (χ1v) is 8.78. The van der Waals surface area contributed by atoms with Crippen LogP contribution in [0, 0.1) is 0 Å². The van der Waals surface area contributed by atoms with Gasteiger partial charge in [0.1, 0.15) is 0 Å². The highest BCUT2D eigenvalue weighted by molar-refractivity contribution is 5.98. The molecule has 0 saturated carbocycles. The zero-order chi connectivity index (χ0) is 18.3. The van der Waals surface area contributed by atoms with Crippen LogP contribution in [0.3, 0.4) is 0 Å². The predicted octanol–water partition coefficient (Wildman–Crippen LogP) is 0.00860. The Kier molecular flexibility index (Phi) is 4.07. The average Bonchev–Trinajstić information content (AvgIpc) is 2.95. The van der Waals surface area contributed by atoms with Crippen molar-refractivity contribution in [3.63, 3.8) is 0 Å². The Bertz CT molecular complexity index is 736. The van der Waals surface area contributed by atoms with Gasteiger partial charge >= 0.3 is 6.03 Å². The quantitative estimate of drug-likeness (QED) is 0.807. The van der Waals surface area contributed by atoms with Crippen molar-refractivity contribution in [2.75, 3.05) is 53.0 Å². The summed E-state index contributed by atoms with van der Waals surface area (Å²) in [5.74, 6) is -0.110. The van der Waals surface area contributed by atoms with Gasteiger partial charge in [-0.2, -0.15) is 0 Å². The largest absolute Gasteiger partial charge is 0.378 e. The minimum atomic E-state index is -0.279. The molecule has 0 bridgehead atoms. The van der Waals surface area contributed by atoms with Gasteiger partial charge in [0.25, 0.3) is 11.8 Å². The van der Waals surface area contributed by atoms with Gasteiger partial charge in [0.2, 0.25) is 0 Å². The first-order valence-electron chi connectivity index (χ1n) is 8.78. The number of likely N-dealkylation sites (tertiary alicyclic amines) is 1. The number of likely N-dealkylation sites (N-methyl/N-ethyl adjacent to an activating group) is 1. The molecule has 1 spiro atoms. The number of hydrogen-bond donors (Lipinski definition) is 1. The summed E-state index contributed by atoms with van der Waals surface area (Å²) in [4.78, 5) is 41.9. The van der Waals surface area contributed by atoms with Gasteiger partial charge in [-0.05, 0) is 24.3 Å². The second kappa shape index (κ2) is 6.28. The Hall–Kier alpha value is -2.61. The molecule has 0 atom stereocenters. The molecule has 4 amide bonds. The zero-order valence-electron chi connectivity index (χ0n) is 14.7. The molecule has 3 fully saturated rings. The van der Waals surface area contributed by atoms with E-state index in [4.69, 9.17) is 4.74 Å². The fourth-order valence-corrected chi connectivity index (χ4v) is 3.71. The van der Waals surface area contributed by atoms with E-state index in [0.29, 0.717) is 57.1 Å². The van der Waals surface area contributed by atoms with Crippen LogP contribution in [-0.4, -0.2) is 91.1 Å². The first-order chi connectivity index (χ1) is 12.5. The molecule has 26 heavy (non-hydrogen) atoms. The number of carbonyl (C=O) groups is 3. The van der Waals surface area contributed by atoms with Crippen molar-refractivity contribution in [3.05, 3.63) is 35.4 Å². The highest BCUT2D eigenvalue weighted by Gasteiger charge is 2.53. The highest BCUT2D eigenvalue weighted by Crippen LogP contribution is 2.31. The lowest BCUT2D eigenvalue weighted by Crippen LogP contribution is -2.70. The van der Waals surface area contributed by atoms with Crippen LogP contribution in [0.5, 0.6) is 0 Å². The number of benzene rings is 1. The van der Waals surface area contributed by atoms with E-state index in [-0.39, 0.29) is 23.4 Å². The Morgan fingerprint density at radius 1 is 1.00 bits per heavy atom. The number of rotatable bonds is 2. The average molecular weight is 358 g/mol. The Labute approximate surface area is 151 Å². The van der Waals surface area contributed by atoms with Crippen LogP contribution in [0.15, 0.2) is 24.3 Å². The first kappa shape index (κ1) is 16.8. The van der Waals surface area contributed by atoms with Gasteiger partial charge in [-0.25, -0.2) is 4.79 Å². The maximum atomic E-state index is 12.6. The molecule has 0 radical (unpaired) electrons. The normalized spacial score (nSPS) is 21.6. The molecule has 0 aromatic heterocycles. The lowest BCUT2D eigenvalue weighted by molar-refractivity contribution is 0.00776. The molecule has 8 heteroatoms. The van der Waals surface area contributed by atoms with E-state index in [1.54, 1.807) is 46.0 Å². The smallest absolute Gasteiger partial charge is 0.317 e. The SMILES string of the molecule is CN1C(=O)NCC12CN(C(=O)c1ccc(C(=O)N3CCOCC3)cc1)C2. The predicted molar refractivity (Wildman–Crippen MR) is 93.0 cm³/mol. The van der Waals surface area contributed by atoms with E-state index in [1.165, 1.54) is 0 Å². The third-order valence-electron chi connectivity index (χ3n) is 5.52. The van der Waals surface area contributed by atoms with Crippen LogP contribution in [0.1, 0.15) is 20.7 Å². The van der Waals surface area contributed by atoms with Gasteiger partial charge in [0.05, 0.1) is 18.8 Å². The zero-order valence-corrected chi connectivity index (χ0v) is 14.7. The van der Waals surface area contributed by atoms with Gasteiger partial charge in [0.15, 0.2) is 0 Å². The number of urea groups is 1. The number of hydrogen-bond acceptors (Lipinski definition) is 4. The van der Waals surface area contributed by atoms with Crippen molar-refractivity contribution in [1.29, 1.82) is 0 Å². The van der Waals surface area contributed by atoms with Crippen LogP contribution in [0.2, 0.25) is 0 Å². The molecule has 3 aliphatic heterocycles. The third kappa shape index (κ3) is 2.70. The van der Waals surface area contributed by atoms with Crippen molar-refractivity contribution in [1.82, 2.24) is 20.0 Å². The number of carbonyl (C=O) groups excluding carboxylic acids is 3. The van der Waals surface area contributed by atoms with Crippen LogP contribution < -0.4 is 5.32 Å². The Morgan fingerprint density at radius 2 is 1.54 bits per heavy atom. The molecule has 0 aliphatic carbocycles. The molecule has 3 heterocycles. The lowest BCUT2D eigenvalue weighted by Gasteiger charge is -2.50. The number of morpholine rings is 1. The van der Waals surface area contributed by atoms with Gasteiger partial charge in [-0.15, -0.1) is 0 Å². The molecule has 3 aliphatic rings. The van der Waals surface area contributed by atoms with E-state index in [0.717, 1.165) is 0 Å². The summed E-state index contributed by atoms with van der Waals surface area (Å²) >= 11 is 0. The molecule has 1 N–H and O–H groups in total. The van der Waals surface area contributed by atoms with Gasteiger partial charge in [0, 0.05) is 50.9 Å². The standard InChI is InChI=1S/C18H22N4O4/c1-20-17(25)19-10-18(20)11-22(12-18)16(24)14-4-2-13(3-5-14)15(23)21-6-8-26-9-7-21/h2-5H,6-12H2,1H3,(H,19,25). The van der Waals surface area contributed by atoms with Crippen molar-refractivity contribution in [2.45, 2.75) is 5.54 Å². The van der Waals surface area contributed by atoms with E-state index in [1.807, 2.05) is 0 Å². The van der Waals surface area contributed by atoms with E-state index in [2.05, 4.69) is 5.32 Å². The molecule has 3 saturated heterocycles. The number of ether oxygens (including phenoxy) is 1. The summed E-state index contributed by atoms with van der Waals surface area (Å²) in [6.07, 6.45) is 0. The summed E-state index contributed by atoms with van der Waals surface area (Å²) in [5.41, 5.74) is 0.853. The van der Waals surface area contributed by atoms with Crippen molar-refractivity contribution < 1.29 is 19.1 Å². The highest BCUT2D eigenvalue weighted by atomic mass is 16.5. The summed E-state index contributed by atoms with van der Waals surface area (Å²) in [6, 6.07) is 6.70. The van der Waals surface area contributed by atoms with Crippen LogP contribution >= 0.6 is 0 Å². The third-order valence-corrected chi connectivity index (χ3v) is 5.52. The molecular formula is C18H22N4O4. The van der Waals surface area contributed by atoms with Gasteiger partial charge in [-0.3, -0.25) is 9.59 Å². The number of nitrogens with zero attached hydrogens (tertiary/aromatic N) is 3.